The molecule has 0 aliphatic heterocycles. The summed E-state index contributed by atoms with van der Waals surface area (Å²) in [5.41, 5.74) is 2.58. The Morgan fingerprint density at radius 1 is 1.29 bits per heavy atom. The molecule has 17 heavy (non-hydrogen) atoms. The van der Waals surface area contributed by atoms with Crippen molar-refractivity contribution in [3.8, 4) is 0 Å². The predicted molar refractivity (Wildman–Crippen MR) is 71.0 cm³/mol. The summed E-state index contributed by atoms with van der Waals surface area (Å²) in [6.07, 6.45) is 0. The zero-order chi connectivity index (χ0) is 12.4. The van der Waals surface area contributed by atoms with Crippen LogP contribution in [0.2, 0.25) is 4.47 Å². The monoisotopic (exact) mass is 266 g/mol. The fourth-order valence-corrected chi connectivity index (χ4v) is 2.45. The molecule has 0 saturated carbocycles. The van der Waals surface area contributed by atoms with Gasteiger partial charge in [0.25, 0.3) is 5.91 Å². The van der Waals surface area contributed by atoms with Crippen molar-refractivity contribution in [2.75, 3.05) is 5.32 Å². The third-order valence-corrected chi connectivity index (χ3v) is 3.55. The van der Waals surface area contributed by atoms with Crippen LogP contribution in [0.25, 0.3) is 0 Å². The minimum absolute atomic E-state index is 0.171. The average Bonchev–Trinajstić information content (AvgIpc) is 2.61. The number of aryl methyl sites for hydroxylation is 2. The normalized spacial score (nSPS) is 10.3. The summed E-state index contributed by atoms with van der Waals surface area (Å²) >= 11 is 6.95. The lowest BCUT2D eigenvalue weighted by Crippen LogP contribution is -2.11. The lowest BCUT2D eigenvalue weighted by atomic mass is 10.2. The van der Waals surface area contributed by atoms with E-state index in [1.54, 1.807) is 6.92 Å². The summed E-state index contributed by atoms with van der Waals surface area (Å²) in [5, 5.41) is 2.81. The molecule has 2 rings (SSSR count). The highest BCUT2D eigenvalue weighted by molar-refractivity contribution is 7.17. The molecule has 88 valence electrons. The first-order chi connectivity index (χ1) is 8.06. The number of thiazole rings is 1. The minimum Gasteiger partial charge on any atom is -0.321 e. The Hall–Kier alpha value is -1.39. The number of carbonyl (C=O) groups is 1. The van der Waals surface area contributed by atoms with Gasteiger partial charge < -0.3 is 5.32 Å². The Kier molecular flexibility index (Phi) is 3.45. The standard InChI is InChI=1S/C12H11ClN2OS/c1-7-3-5-9(6-4-7)15-11(16)10-8(2)14-12(13)17-10/h3-6H,1-2H3,(H,15,16). The number of amides is 1. The molecular formula is C12H11ClN2OS. The van der Waals surface area contributed by atoms with E-state index < -0.39 is 0 Å². The molecule has 5 heteroatoms. The fourth-order valence-electron chi connectivity index (χ4n) is 1.40. The van der Waals surface area contributed by atoms with Crippen molar-refractivity contribution < 1.29 is 4.79 Å². The van der Waals surface area contributed by atoms with Gasteiger partial charge in [-0.05, 0) is 26.0 Å². The minimum atomic E-state index is -0.171. The first-order valence-electron chi connectivity index (χ1n) is 5.07. The first-order valence-corrected chi connectivity index (χ1v) is 6.26. The second-order valence-corrected chi connectivity index (χ2v) is 5.28. The molecule has 1 amide bonds. The van der Waals surface area contributed by atoms with Crippen LogP contribution in [0.3, 0.4) is 0 Å². The third-order valence-electron chi connectivity index (χ3n) is 2.29. The lowest BCUT2D eigenvalue weighted by molar-refractivity contribution is 0.103. The van der Waals surface area contributed by atoms with Crippen molar-refractivity contribution in [3.63, 3.8) is 0 Å². The maximum absolute atomic E-state index is 11.9. The molecule has 0 unspecified atom stereocenters. The summed E-state index contributed by atoms with van der Waals surface area (Å²) in [7, 11) is 0. The number of halogens is 1. The number of nitrogens with one attached hydrogen (secondary N) is 1. The summed E-state index contributed by atoms with van der Waals surface area (Å²) < 4.78 is 0.386. The van der Waals surface area contributed by atoms with Crippen molar-refractivity contribution in [1.82, 2.24) is 4.98 Å². The molecule has 0 saturated heterocycles. The van der Waals surface area contributed by atoms with Gasteiger partial charge in [-0.1, -0.05) is 40.6 Å². The highest BCUT2D eigenvalue weighted by Crippen LogP contribution is 2.23. The van der Waals surface area contributed by atoms with Gasteiger partial charge in [0.1, 0.15) is 4.88 Å². The number of aromatic nitrogens is 1. The summed E-state index contributed by atoms with van der Waals surface area (Å²) in [6, 6.07) is 7.63. The molecular weight excluding hydrogens is 256 g/mol. The van der Waals surface area contributed by atoms with Crippen LogP contribution in [0.1, 0.15) is 20.9 Å². The van der Waals surface area contributed by atoms with Crippen LogP contribution in [-0.2, 0) is 0 Å². The van der Waals surface area contributed by atoms with Crippen molar-refractivity contribution in [2.24, 2.45) is 0 Å². The maximum atomic E-state index is 11.9. The van der Waals surface area contributed by atoms with Gasteiger partial charge >= 0.3 is 0 Å². The van der Waals surface area contributed by atoms with Crippen LogP contribution in [0.5, 0.6) is 0 Å². The van der Waals surface area contributed by atoms with E-state index in [-0.39, 0.29) is 5.91 Å². The number of hydrogen-bond acceptors (Lipinski definition) is 3. The third kappa shape index (κ3) is 2.84. The van der Waals surface area contributed by atoms with Crippen LogP contribution in [0.15, 0.2) is 24.3 Å². The molecule has 0 radical (unpaired) electrons. The molecule has 1 heterocycles. The number of carbonyl (C=O) groups excluding carboxylic acids is 1. The van der Waals surface area contributed by atoms with Gasteiger partial charge in [0, 0.05) is 5.69 Å². The van der Waals surface area contributed by atoms with E-state index in [0.717, 1.165) is 11.3 Å². The summed E-state index contributed by atoms with van der Waals surface area (Å²) in [6.45, 7) is 3.77. The SMILES string of the molecule is Cc1ccc(NC(=O)c2sc(Cl)nc2C)cc1. The van der Waals surface area contributed by atoms with E-state index in [9.17, 15) is 4.79 Å². The van der Waals surface area contributed by atoms with Crippen molar-refractivity contribution in [2.45, 2.75) is 13.8 Å². The predicted octanol–water partition coefficient (Wildman–Crippen LogP) is 3.67. The number of rotatable bonds is 2. The fraction of sp³-hybridized carbons (Fsp3) is 0.167. The zero-order valence-electron chi connectivity index (χ0n) is 9.45. The van der Waals surface area contributed by atoms with Gasteiger partial charge in [0.05, 0.1) is 5.69 Å². The Morgan fingerprint density at radius 3 is 2.47 bits per heavy atom. The lowest BCUT2D eigenvalue weighted by Gasteiger charge is -2.04. The van der Waals surface area contributed by atoms with Crippen molar-refractivity contribution >= 4 is 34.5 Å². The molecule has 2 aromatic rings. The van der Waals surface area contributed by atoms with Gasteiger partial charge in [0.15, 0.2) is 4.47 Å². The Balaban J connectivity index is 2.17. The Bertz CT molecular complexity index is 548. The van der Waals surface area contributed by atoms with Gasteiger partial charge in [-0.2, -0.15) is 0 Å². The second kappa shape index (κ2) is 4.85. The average molecular weight is 267 g/mol. The van der Waals surface area contributed by atoms with Crippen LogP contribution < -0.4 is 5.32 Å². The van der Waals surface area contributed by atoms with Crippen molar-refractivity contribution in [3.05, 3.63) is 44.9 Å². The molecule has 0 spiro atoms. The second-order valence-electron chi connectivity index (χ2n) is 3.70. The molecule has 0 bridgehead atoms. The highest BCUT2D eigenvalue weighted by atomic mass is 35.5. The number of benzene rings is 1. The largest absolute Gasteiger partial charge is 0.321 e. The highest BCUT2D eigenvalue weighted by Gasteiger charge is 2.14. The molecule has 0 atom stereocenters. The van der Waals surface area contributed by atoms with Gasteiger partial charge in [-0.15, -0.1) is 0 Å². The molecule has 0 aliphatic rings. The van der Waals surface area contributed by atoms with E-state index in [2.05, 4.69) is 10.3 Å². The van der Waals surface area contributed by atoms with Crippen LogP contribution in [0, 0.1) is 13.8 Å². The van der Waals surface area contributed by atoms with E-state index in [0.29, 0.717) is 15.0 Å². The molecule has 0 fully saturated rings. The quantitative estimate of drug-likeness (QED) is 0.901. The smallest absolute Gasteiger partial charge is 0.267 e. The molecule has 0 aliphatic carbocycles. The van der Waals surface area contributed by atoms with E-state index in [1.165, 1.54) is 11.3 Å². The van der Waals surface area contributed by atoms with Crippen molar-refractivity contribution in [1.29, 1.82) is 0 Å². The Morgan fingerprint density at radius 2 is 1.94 bits per heavy atom. The molecule has 1 aromatic heterocycles. The molecule has 3 nitrogen and oxygen atoms in total. The van der Waals surface area contributed by atoms with E-state index >= 15 is 0 Å². The topological polar surface area (TPSA) is 42.0 Å². The van der Waals surface area contributed by atoms with E-state index in [4.69, 9.17) is 11.6 Å². The first kappa shape index (κ1) is 12.1. The van der Waals surface area contributed by atoms with Gasteiger partial charge in [-0.3, -0.25) is 4.79 Å². The zero-order valence-corrected chi connectivity index (χ0v) is 11.0. The summed E-state index contributed by atoms with van der Waals surface area (Å²) in [4.78, 5) is 16.5. The van der Waals surface area contributed by atoms with Crippen LogP contribution >= 0.6 is 22.9 Å². The van der Waals surface area contributed by atoms with Crippen LogP contribution in [0.4, 0.5) is 5.69 Å². The number of nitrogens with zero attached hydrogens (tertiary/aromatic N) is 1. The molecule has 1 N–H and O–H groups in total. The molecule has 1 aromatic carbocycles. The van der Waals surface area contributed by atoms with Crippen LogP contribution in [-0.4, -0.2) is 10.9 Å². The Labute approximate surface area is 108 Å². The van der Waals surface area contributed by atoms with E-state index in [1.807, 2.05) is 31.2 Å². The summed E-state index contributed by atoms with van der Waals surface area (Å²) in [5.74, 6) is -0.171. The number of hydrogen-bond donors (Lipinski definition) is 1. The number of anilines is 1. The maximum Gasteiger partial charge on any atom is 0.267 e. The van der Waals surface area contributed by atoms with Gasteiger partial charge in [0.2, 0.25) is 0 Å². The van der Waals surface area contributed by atoms with Gasteiger partial charge in [-0.25, -0.2) is 4.98 Å².